The quantitative estimate of drug-likeness (QED) is 0.847. The Hall–Kier alpha value is -2.10. The van der Waals surface area contributed by atoms with E-state index in [9.17, 15) is 4.79 Å². The second-order valence-electron chi connectivity index (χ2n) is 4.32. The zero-order chi connectivity index (χ0) is 11.8. The van der Waals surface area contributed by atoms with Gasteiger partial charge in [0.2, 0.25) is 0 Å². The van der Waals surface area contributed by atoms with Crippen LogP contribution in [0.5, 0.6) is 0 Å². The van der Waals surface area contributed by atoms with Gasteiger partial charge in [0, 0.05) is 17.6 Å². The van der Waals surface area contributed by atoms with Crippen LogP contribution in [0.1, 0.15) is 23.2 Å². The topological polar surface area (TPSA) is 62.2 Å². The molecule has 0 unspecified atom stereocenters. The molecule has 2 aromatic rings. The first kappa shape index (κ1) is 10.1. The molecule has 4 heteroatoms. The Morgan fingerprint density at radius 1 is 1.41 bits per heavy atom. The molecule has 86 valence electrons. The summed E-state index contributed by atoms with van der Waals surface area (Å²) in [5.74, 6) is -0.908. The van der Waals surface area contributed by atoms with Crippen LogP contribution in [0.4, 0.5) is 5.69 Å². The number of benzene rings is 1. The van der Waals surface area contributed by atoms with Crippen LogP contribution in [0.25, 0.3) is 10.9 Å². The Morgan fingerprint density at radius 3 is 2.94 bits per heavy atom. The maximum atomic E-state index is 11.1. The van der Waals surface area contributed by atoms with Gasteiger partial charge in [0.1, 0.15) is 0 Å². The largest absolute Gasteiger partial charge is 0.478 e. The highest BCUT2D eigenvalue weighted by molar-refractivity contribution is 5.99. The molecule has 1 fully saturated rings. The summed E-state index contributed by atoms with van der Waals surface area (Å²) < 4.78 is 0. The number of aromatic nitrogens is 1. The summed E-state index contributed by atoms with van der Waals surface area (Å²) in [5, 5.41) is 13.3. The number of hydrogen-bond donors (Lipinski definition) is 2. The molecule has 0 amide bonds. The molecule has 0 radical (unpaired) electrons. The van der Waals surface area contributed by atoms with Crippen LogP contribution in [-0.4, -0.2) is 22.1 Å². The minimum Gasteiger partial charge on any atom is -0.478 e. The average molecular weight is 228 g/mol. The van der Waals surface area contributed by atoms with Crippen molar-refractivity contribution >= 4 is 22.6 Å². The van der Waals surface area contributed by atoms with Gasteiger partial charge in [-0.15, -0.1) is 0 Å². The molecule has 1 aliphatic rings. The van der Waals surface area contributed by atoms with E-state index < -0.39 is 5.97 Å². The summed E-state index contributed by atoms with van der Waals surface area (Å²) in [6.45, 7) is 0. The van der Waals surface area contributed by atoms with Gasteiger partial charge in [-0.25, -0.2) is 4.79 Å². The molecular formula is C13H12N2O2. The number of pyridine rings is 1. The summed E-state index contributed by atoms with van der Waals surface area (Å²) >= 11 is 0. The molecule has 2 N–H and O–H groups in total. The fourth-order valence-corrected chi connectivity index (χ4v) is 1.87. The lowest BCUT2D eigenvalue weighted by Crippen LogP contribution is -2.05. The second-order valence-corrected chi connectivity index (χ2v) is 4.32. The van der Waals surface area contributed by atoms with Crippen LogP contribution in [0, 0.1) is 0 Å². The predicted octanol–water partition coefficient (Wildman–Crippen LogP) is 2.51. The Balaban J connectivity index is 2.17. The first-order valence-corrected chi connectivity index (χ1v) is 5.62. The van der Waals surface area contributed by atoms with E-state index in [0.717, 1.165) is 29.4 Å². The van der Waals surface area contributed by atoms with Crippen molar-refractivity contribution < 1.29 is 9.90 Å². The van der Waals surface area contributed by atoms with Crippen molar-refractivity contribution in [3.8, 4) is 0 Å². The fraction of sp³-hybridized carbons (Fsp3) is 0.231. The SMILES string of the molecule is O=C(O)c1cc(NC2CC2)c2ncccc2c1. The summed E-state index contributed by atoms with van der Waals surface area (Å²) in [4.78, 5) is 15.4. The lowest BCUT2D eigenvalue weighted by atomic mass is 10.1. The lowest BCUT2D eigenvalue weighted by molar-refractivity contribution is 0.0697. The number of aromatic carboxylic acids is 1. The van der Waals surface area contributed by atoms with E-state index in [4.69, 9.17) is 5.11 Å². The third-order valence-electron chi connectivity index (χ3n) is 2.89. The van der Waals surface area contributed by atoms with Crippen molar-refractivity contribution in [3.63, 3.8) is 0 Å². The molecule has 1 aromatic carbocycles. The van der Waals surface area contributed by atoms with Crippen molar-refractivity contribution in [2.24, 2.45) is 0 Å². The van der Waals surface area contributed by atoms with E-state index in [-0.39, 0.29) is 0 Å². The number of nitrogens with one attached hydrogen (secondary N) is 1. The van der Waals surface area contributed by atoms with Crippen molar-refractivity contribution in [3.05, 3.63) is 36.0 Å². The predicted molar refractivity (Wildman–Crippen MR) is 65.3 cm³/mol. The zero-order valence-corrected chi connectivity index (χ0v) is 9.18. The summed E-state index contributed by atoms with van der Waals surface area (Å²) in [7, 11) is 0. The smallest absolute Gasteiger partial charge is 0.335 e. The molecule has 0 aliphatic heterocycles. The van der Waals surface area contributed by atoms with Gasteiger partial charge in [-0.1, -0.05) is 6.07 Å². The molecule has 3 rings (SSSR count). The van der Waals surface area contributed by atoms with Gasteiger partial charge in [0.25, 0.3) is 0 Å². The number of carboxylic acid groups (broad SMARTS) is 1. The maximum absolute atomic E-state index is 11.1. The summed E-state index contributed by atoms with van der Waals surface area (Å²) in [5.41, 5.74) is 1.96. The number of hydrogen-bond acceptors (Lipinski definition) is 3. The lowest BCUT2D eigenvalue weighted by Gasteiger charge is -2.09. The van der Waals surface area contributed by atoms with Crippen LogP contribution in [0.15, 0.2) is 30.5 Å². The molecule has 4 nitrogen and oxygen atoms in total. The number of carbonyl (C=O) groups is 1. The molecule has 1 aliphatic carbocycles. The van der Waals surface area contributed by atoms with Crippen LogP contribution in [0.3, 0.4) is 0 Å². The normalized spacial score (nSPS) is 14.8. The molecule has 0 bridgehead atoms. The van der Waals surface area contributed by atoms with E-state index >= 15 is 0 Å². The monoisotopic (exact) mass is 228 g/mol. The van der Waals surface area contributed by atoms with Crippen molar-refractivity contribution in [1.29, 1.82) is 0 Å². The van der Waals surface area contributed by atoms with Gasteiger partial charge in [0.05, 0.1) is 16.8 Å². The fourth-order valence-electron chi connectivity index (χ4n) is 1.87. The number of rotatable bonds is 3. The van der Waals surface area contributed by atoms with E-state index in [0.29, 0.717) is 11.6 Å². The minimum absolute atomic E-state index is 0.300. The number of nitrogens with zero attached hydrogens (tertiary/aromatic N) is 1. The molecule has 0 saturated heterocycles. The van der Waals surface area contributed by atoms with Crippen LogP contribution in [-0.2, 0) is 0 Å². The zero-order valence-electron chi connectivity index (χ0n) is 9.18. The first-order valence-electron chi connectivity index (χ1n) is 5.62. The van der Waals surface area contributed by atoms with Gasteiger partial charge in [-0.05, 0) is 31.0 Å². The minimum atomic E-state index is -0.908. The average Bonchev–Trinajstić information content (AvgIpc) is 3.13. The van der Waals surface area contributed by atoms with Gasteiger partial charge in [-0.2, -0.15) is 0 Å². The highest BCUT2D eigenvalue weighted by atomic mass is 16.4. The van der Waals surface area contributed by atoms with E-state index in [2.05, 4.69) is 10.3 Å². The van der Waals surface area contributed by atoms with Crippen molar-refractivity contribution in [2.75, 3.05) is 5.32 Å². The Morgan fingerprint density at radius 2 is 2.24 bits per heavy atom. The second kappa shape index (κ2) is 3.73. The third kappa shape index (κ3) is 1.93. The Kier molecular flexibility index (Phi) is 2.21. The van der Waals surface area contributed by atoms with Gasteiger partial charge >= 0.3 is 5.97 Å². The molecular weight excluding hydrogens is 216 g/mol. The van der Waals surface area contributed by atoms with Crippen LogP contribution in [0.2, 0.25) is 0 Å². The molecule has 1 heterocycles. The molecule has 0 spiro atoms. The molecule has 1 aromatic heterocycles. The van der Waals surface area contributed by atoms with Crippen LogP contribution >= 0.6 is 0 Å². The maximum Gasteiger partial charge on any atom is 0.335 e. The molecule has 1 saturated carbocycles. The molecule has 17 heavy (non-hydrogen) atoms. The van der Waals surface area contributed by atoms with E-state index in [1.807, 2.05) is 12.1 Å². The van der Waals surface area contributed by atoms with Gasteiger partial charge in [0.15, 0.2) is 0 Å². The van der Waals surface area contributed by atoms with Crippen LogP contribution < -0.4 is 5.32 Å². The molecule has 0 atom stereocenters. The van der Waals surface area contributed by atoms with Gasteiger partial charge < -0.3 is 10.4 Å². The summed E-state index contributed by atoms with van der Waals surface area (Å²) in [6, 6.07) is 7.49. The Bertz CT molecular complexity index is 591. The first-order chi connectivity index (χ1) is 8.24. The number of carboxylic acids is 1. The summed E-state index contributed by atoms with van der Waals surface area (Å²) in [6.07, 6.45) is 4.01. The van der Waals surface area contributed by atoms with E-state index in [1.165, 1.54) is 0 Å². The standard InChI is InChI=1S/C13H12N2O2/c16-13(17)9-6-8-2-1-5-14-12(8)11(7-9)15-10-3-4-10/h1-2,5-7,10,15H,3-4H2,(H,16,17). The van der Waals surface area contributed by atoms with Crippen molar-refractivity contribution in [1.82, 2.24) is 4.98 Å². The highest BCUT2D eigenvalue weighted by Crippen LogP contribution is 2.29. The third-order valence-corrected chi connectivity index (χ3v) is 2.89. The van der Waals surface area contributed by atoms with E-state index in [1.54, 1.807) is 18.3 Å². The number of fused-ring (bicyclic) bond motifs is 1. The number of anilines is 1. The highest BCUT2D eigenvalue weighted by Gasteiger charge is 2.22. The Labute approximate surface area is 98.3 Å². The van der Waals surface area contributed by atoms with Gasteiger partial charge in [-0.3, -0.25) is 4.98 Å². The van der Waals surface area contributed by atoms with Crippen molar-refractivity contribution in [2.45, 2.75) is 18.9 Å².